The van der Waals surface area contributed by atoms with Crippen LogP contribution in [0, 0.1) is 11.8 Å². The summed E-state index contributed by atoms with van der Waals surface area (Å²) >= 11 is 0. The minimum absolute atomic E-state index is 0.654. The van der Waals surface area contributed by atoms with Gasteiger partial charge in [-0.25, -0.2) is 0 Å². The van der Waals surface area contributed by atoms with Crippen LogP contribution in [0.3, 0.4) is 0 Å². The molecule has 0 aromatic heterocycles. The van der Waals surface area contributed by atoms with Crippen molar-refractivity contribution < 1.29 is 0 Å². The minimum atomic E-state index is 0.654. The molecule has 1 atom stereocenters. The average molecular weight is 399 g/mol. The predicted molar refractivity (Wildman–Crippen MR) is 133 cm³/mol. The molecule has 2 aromatic rings. The molecule has 1 fully saturated rings. The van der Waals surface area contributed by atoms with Gasteiger partial charge in [0.15, 0.2) is 0 Å². The number of benzene rings is 2. The summed E-state index contributed by atoms with van der Waals surface area (Å²) in [4.78, 5) is 0. The average Bonchev–Trinajstić information content (AvgIpc) is 3.29. The summed E-state index contributed by atoms with van der Waals surface area (Å²) in [5.41, 5.74) is 9.50. The van der Waals surface area contributed by atoms with E-state index < -0.39 is 0 Å². The SMILES string of the molecule is C=C(C)C(/C=C(\C)c1ccc(Cc2ccccc2)cc1)=C(\CC)C(C)C1CCCC1. The van der Waals surface area contributed by atoms with E-state index in [1.54, 1.807) is 5.57 Å². The fraction of sp³-hybridized carbons (Fsp3) is 0.400. The predicted octanol–water partition coefficient (Wildman–Crippen LogP) is 8.79. The molecule has 1 aliphatic rings. The van der Waals surface area contributed by atoms with E-state index in [4.69, 9.17) is 0 Å². The molecule has 0 amide bonds. The zero-order valence-electron chi connectivity index (χ0n) is 19.4. The Hall–Kier alpha value is -2.34. The highest BCUT2D eigenvalue weighted by molar-refractivity contribution is 5.69. The van der Waals surface area contributed by atoms with Gasteiger partial charge in [-0.15, -0.1) is 0 Å². The van der Waals surface area contributed by atoms with Crippen LogP contribution in [0.15, 0.2) is 84.0 Å². The van der Waals surface area contributed by atoms with Gasteiger partial charge in [-0.2, -0.15) is 0 Å². The first kappa shape index (κ1) is 22.3. The van der Waals surface area contributed by atoms with Crippen LogP contribution in [-0.4, -0.2) is 0 Å². The van der Waals surface area contributed by atoms with E-state index in [1.165, 1.54) is 59.1 Å². The molecular formula is C30H38. The molecule has 0 spiro atoms. The third-order valence-electron chi connectivity index (χ3n) is 6.86. The lowest BCUT2D eigenvalue weighted by Gasteiger charge is -2.25. The van der Waals surface area contributed by atoms with E-state index in [1.807, 2.05) is 0 Å². The largest absolute Gasteiger partial charge is 0.0955 e. The molecule has 0 nitrogen and oxygen atoms in total. The molecule has 158 valence electrons. The first-order valence-electron chi connectivity index (χ1n) is 11.7. The molecule has 2 aromatic carbocycles. The molecular weight excluding hydrogens is 360 g/mol. The first-order chi connectivity index (χ1) is 14.5. The lowest BCUT2D eigenvalue weighted by molar-refractivity contribution is 0.407. The molecule has 0 radical (unpaired) electrons. The number of hydrogen-bond donors (Lipinski definition) is 0. The lowest BCUT2D eigenvalue weighted by atomic mass is 9.80. The van der Waals surface area contributed by atoms with Gasteiger partial charge in [-0.1, -0.05) is 105 Å². The highest BCUT2D eigenvalue weighted by Gasteiger charge is 2.25. The van der Waals surface area contributed by atoms with Crippen molar-refractivity contribution in [3.8, 4) is 0 Å². The quantitative estimate of drug-likeness (QED) is 0.390. The Morgan fingerprint density at radius 1 is 0.967 bits per heavy atom. The molecule has 30 heavy (non-hydrogen) atoms. The molecule has 0 bridgehead atoms. The second-order valence-corrected chi connectivity index (χ2v) is 9.09. The Bertz CT molecular complexity index is 887. The maximum absolute atomic E-state index is 4.34. The van der Waals surface area contributed by atoms with Crippen molar-refractivity contribution in [1.29, 1.82) is 0 Å². The fourth-order valence-electron chi connectivity index (χ4n) is 5.01. The van der Waals surface area contributed by atoms with E-state index in [2.05, 4.69) is 94.9 Å². The molecule has 0 heteroatoms. The van der Waals surface area contributed by atoms with Crippen LogP contribution < -0.4 is 0 Å². The smallest absolute Gasteiger partial charge is 0.00258 e. The summed E-state index contributed by atoms with van der Waals surface area (Å²) < 4.78 is 0. The van der Waals surface area contributed by atoms with Crippen molar-refractivity contribution in [1.82, 2.24) is 0 Å². The molecule has 1 aliphatic carbocycles. The second kappa shape index (κ2) is 10.6. The van der Waals surface area contributed by atoms with E-state index in [9.17, 15) is 0 Å². The normalized spacial score (nSPS) is 17.0. The molecule has 1 saturated carbocycles. The molecule has 1 unspecified atom stereocenters. The Kier molecular flexibility index (Phi) is 7.91. The summed E-state index contributed by atoms with van der Waals surface area (Å²) in [5.74, 6) is 1.50. The third kappa shape index (κ3) is 5.63. The molecule has 0 aliphatic heterocycles. The second-order valence-electron chi connectivity index (χ2n) is 9.09. The van der Waals surface area contributed by atoms with Crippen molar-refractivity contribution in [2.45, 2.75) is 66.2 Å². The highest BCUT2D eigenvalue weighted by Crippen LogP contribution is 2.38. The third-order valence-corrected chi connectivity index (χ3v) is 6.86. The van der Waals surface area contributed by atoms with Gasteiger partial charge in [0.05, 0.1) is 0 Å². The van der Waals surface area contributed by atoms with Crippen LogP contribution in [0.4, 0.5) is 0 Å². The Labute approximate surface area is 184 Å². The van der Waals surface area contributed by atoms with Crippen molar-refractivity contribution in [2.24, 2.45) is 11.8 Å². The van der Waals surface area contributed by atoms with Crippen LogP contribution >= 0.6 is 0 Å². The highest BCUT2D eigenvalue weighted by atomic mass is 14.3. The zero-order chi connectivity index (χ0) is 21.5. The number of rotatable bonds is 8. The molecule has 3 rings (SSSR count). The van der Waals surface area contributed by atoms with Crippen molar-refractivity contribution in [3.63, 3.8) is 0 Å². The van der Waals surface area contributed by atoms with Gasteiger partial charge in [0.1, 0.15) is 0 Å². The van der Waals surface area contributed by atoms with Gasteiger partial charge < -0.3 is 0 Å². The van der Waals surface area contributed by atoms with Gasteiger partial charge in [0.25, 0.3) is 0 Å². The van der Waals surface area contributed by atoms with Gasteiger partial charge in [0, 0.05) is 0 Å². The molecule has 0 saturated heterocycles. The van der Waals surface area contributed by atoms with Gasteiger partial charge in [-0.05, 0) is 79.2 Å². The van der Waals surface area contributed by atoms with Crippen molar-refractivity contribution >= 4 is 5.57 Å². The van der Waals surface area contributed by atoms with Crippen LogP contribution in [0.25, 0.3) is 5.57 Å². The van der Waals surface area contributed by atoms with Gasteiger partial charge in [0.2, 0.25) is 0 Å². The maximum atomic E-state index is 4.34. The zero-order valence-corrected chi connectivity index (χ0v) is 19.4. The van der Waals surface area contributed by atoms with Gasteiger partial charge >= 0.3 is 0 Å². The molecule has 0 heterocycles. The van der Waals surface area contributed by atoms with Crippen LogP contribution in [0.2, 0.25) is 0 Å². The van der Waals surface area contributed by atoms with E-state index in [0.29, 0.717) is 5.92 Å². The summed E-state index contributed by atoms with van der Waals surface area (Å²) in [7, 11) is 0. The Morgan fingerprint density at radius 2 is 1.57 bits per heavy atom. The van der Waals surface area contributed by atoms with Crippen molar-refractivity contribution in [3.05, 3.63) is 101 Å². The fourth-order valence-corrected chi connectivity index (χ4v) is 5.01. The van der Waals surface area contributed by atoms with Crippen LogP contribution in [0.1, 0.15) is 76.5 Å². The van der Waals surface area contributed by atoms with Gasteiger partial charge in [-0.3, -0.25) is 0 Å². The molecule has 0 N–H and O–H groups in total. The number of hydrogen-bond acceptors (Lipinski definition) is 0. The van der Waals surface area contributed by atoms with E-state index in [-0.39, 0.29) is 0 Å². The Balaban J connectivity index is 1.83. The minimum Gasteiger partial charge on any atom is -0.0955 e. The standard InChI is InChI=1S/C30H38/c1-6-29(24(5)28-14-10-11-15-28)30(22(2)3)20-23(4)27-18-16-26(17-19-27)21-25-12-8-7-9-13-25/h7-9,12-13,16-20,24,28H,2,6,10-11,14-15,21H2,1,3-5H3/b23-20+,30-29+. The van der Waals surface area contributed by atoms with E-state index in [0.717, 1.165) is 18.8 Å². The summed E-state index contributed by atoms with van der Waals surface area (Å²) in [6.45, 7) is 13.5. The van der Waals surface area contributed by atoms with Crippen LogP contribution in [-0.2, 0) is 6.42 Å². The van der Waals surface area contributed by atoms with E-state index >= 15 is 0 Å². The monoisotopic (exact) mass is 398 g/mol. The Morgan fingerprint density at radius 3 is 2.13 bits per heavy atom. The lowest BCUT2D eigenvalue weighted by Crippen LogP contribution is -2.12. The summed E-state index contributed by atoms with van der Waals surface area (Å²) in [5, 5.41) is 0. The first-order valence-corrected chi connectivity index (χ1v) is 11.7. The topological polar surface area (TPSA) is 0 Å². The maximum Gasteiger partial charge on any atom is -0.00258 e. The summed E-state index contributed by atoms with van der Waals surface area (Å²) in [6, 6.07) is 19.8. The van der Waals surface area contributed by atoms with Crippen molar-refractivity contribution in [2.75, 3.05) is 0 Å². The number of allylic oxidation sites excluding steroid dienone is 5. The van der Waals surface area contributed by atoms with Crippen LogP contribution in [0.5, 0.6) is 0 Å². The summed E-state index contributed by atoms with van der Waals surface area (Å²) in [6.07, 6.45) is 10.1.